The van der Waals surface area contributed by atoms with Crippen LogP contribution in [0.4, 0.5) is 0 Å². The number of piperidine rings is 1. The van der Waals surface area contributed by atoms with Crippen molar-refractivity contribution in [1.82, 2.24) is 20.2 Å². The van der Waals surface area contributed by atoms with Crippen LogP contribution in [0.5, 0.6) is 0 Å². The summed E-state index contributed by atoms with van der Waals surface area (Å²) >= 11 is 1.40. The average Bonchev–Trinajstić information content (AvgIpc) is 3.09. The predicted molar refractivity (Wildman–Crippen MR) is 111 cm³/mol. The van der Waals surface area contributed by atoms with Crippen LogP contribution in [-0.4, -0.2) is 46.3 Å². The number of pyridine rings is 1. The molecule has 1 aliphatic heterocycles. The summed E-state index contributed by atoms with van der Waals surface area (Å²) in [5, 5.41) is 3.83. The molecule has 2 amide bonds. The zero-order chi connectivity index (χ0) is 20.1. The van der Waals surface area contributed by atoms with Crippen LogP contribution in [-0.2, 0) is 4.79 Å². The van der Waals surface area contributed by atoms with Crippen LogP contribution in [0.3, 0.4) is 0 Å². The van der Waals surface area contributed by atoms with Crippen molar-refractivity contribution in [2.24, 2.45) is 11.8 Å². The second kappa shape index (κ2) is 9.28. The predicted octanol–water partition coefficient (Wildman–Crippen LogP) is 3.53. The third-order valence-electron chi connectivity index (χ3n) is 5.00. The minimum atomic E-state index is -0.129. The van der Waals surface area contributed by atoms with Crippen LogP contribution in [0, 0.1) is 18.8 Å². The Labute approximate surface area is 170 Å². The Balaban J connectivity index is 1.66. The molecule has 0 spiro atoms. The Hall–Kier alpha value is -2.28. The summed E-state index contributed by atoms with van der Waals surface area (Å²) in [5.41, 5.74) is 1.65. The average molecular weight is 401 g/mol. The molecule has 3 heterocycles. The highest BCUT2D eigenvalue weighted by atomic mass is 32.1. The number of rotatable bonds is 6. The number of aromatic nitrogens is 2. The first-order valence-electron chi connectivity index (χ1n) is 9.90. The van der Waals surface area contributed by atoms with Gasteiger partial charge in [-0.15, -0.1) is 11.3 Å². The SMILES string of the molecule is Cc1nc(-c2cccnc2)sc1C(=O)N1CCCC(C(=O)NCCC(C)C)C1. The molecule has 0 radical (unpaired) electrons. The molecule has 0 bridgehead atoms. The summed E-state index contributed by atoms with van der Waals surface area (Å²) in [7, 11) is 0. The first-order valence-corrected chi connectivity index (χ1v) is 10.7. The molecular weight excluding hydrogens is 372 g/mol. The first kappa shape index (κ1) is 20.5. The summed E-state index contributed by atoms with van der Waals surface area (Å²) in [6.07, 6.45) is 6.13. The molecule has 1 N–H and O–H groups in total. The molecule has 2 aromatic rings. The molecule has 6 nitrogen and oxygen atoms in total. The van der Waals surface area contributed by atoms with Crippen LogP contribution in [0.1, 0.15) is 48.5 Å². The van der Waals surface area contributed by atoms with E-state index in [0.717, 1.165) is 35.5 Å². The van der Waals surface area contributed by atoms with E-state index >= 15 is 0 Å². The molecule has 2 aromatic heterocycles. The summed E-state index contributed by atoms with van der Waals surface area (Å²) in [6.45, 7) is 8.02. The molecule has 7 heteroatoms. The second-order valence-corrected chi connectivity index (χ2v) is 8.74. The lowest BCUT2D eigenvalue weighted by atomic mass is 9.96. The van der Waals surface area contributed by atoms with Gasteiger partial charge in [-0.1, -0.05) is 13.8 Å². The number of amides is 2. The van der Waals surface area contributed by atoms with E-state index in [9.17, 15) is 9.59 Å². The molecule has 28 heavy (non-hydrogen) atoms. The number of carbonyl (C=O) groups excluding carboxylic acids is 2. The van der Waals surface area contributed by atoms with Gasteiger partial charge < -0.3 is 10.2 Å². The van der Waals surface area contributed by atoms with Crippen molar-refractivity contribution in [3.8, 4) is 10.6 Å². The fourth-order valence-corrected chi connectivity index (χ4v) is 4.38. The van der Waals surface area contributed by atoms with Gasteiger partial charge >= 0.3 is 0 Å². The minimum absolute atomic E-state index is 0.0233. The van der Waals surface area contributed by atoms with Gasteiger partial charge in [-0.2, -0.15) is 0 Å². The normalized spacial score (nSPS) is 17.0. The second-order valence-electron chi connectivity index (χ2n) is 7.74. The van der Waals surface area contributed by atoms with Gasteiger partial charge in [0.05, 0.1) is 11.6 Å². The van der Waals surface area contributed by atoms with Crippen LogP contribution >= 0.6 is 11.3 Å². The monoisotopic (exact) mass is 400 g/mol. The van der Waals surface area contributed by atoms with Crippen LogP contribution in [0.2, 0.25) is 0 Å². The molecule has 0 aliphatic carbocycles. The van der Waals surface area contributed by atoms with E-state index < -0.39 is 0 Å². The van der Waals surface area contributed by atoms with Crippen LogP contribution < -0.4 is 5.32 Å². The number of nitrogens with zero attached hydrogens (tertiary/aromatic N) is 3. The topological polar surface area (TPSA) is 75.2 Å². The van der Waals surface area contributed by atoms with E-state index in [0.29, 0.717) is 30.4 Å². The fourth-order valence-electron chi connectivity index (χ4n) is 3.36. The quantitative estimate of drug-likeness (QED) is 0.805. The largest absolute Gasteiger partial charge is 0.356 e. The number of hydrogen-bond acceptors (Lipinski definition) is 5. The molecule has 1 atom stereocenters. The zero-order valence-corrected chi connectivity index (χ0v) is 17.6. The number of aryl methyl sites for hydroxylation is 1. The lowest BCUT2D eigenvalue weighted by Crippen LogP contribution is -2.45. The summed E-state index contributed by atoms with van der Waals surface area (Å²) in [5.74, 6) is 0.476. The smallest absolute Gasteiger partial charge is 0.265 e. The van der Waals surface area contributed by atoms with Crippen LogP contribution in [0.15, 0.2) is 24.5 Å². The summed E-state index contributed by atoms with van der Waals surface area (Å²) in [6, 6.07) is 3.80. The molecule has 150 valence electrons. The zero-order valence-electron chi connectivity index (χ0n) is 16.8. The third-order valence-corrected chi connectivity index (χ3v) is 6.19. The molecule has 0 aromatic carbocycles. The Morgan fingerprint density at radius 2 is 2.21 bits per heavy atom. The molecule has 1 unspecified atom stereocenters. The molecule has 1 fully saturated rings. The summed E-state index contributed by atoms with van der Waals surface area (Å²) < 4.78 is 0. The van der Waals surface area contributed by atoms with Crippen molar-refractivity contribution in [1.29, 1.82) is 0 Å². The van der Waals surface area contributed by atoms with Gasteiger partial charge in [-0.25, -0.2) is 4.98 Å². The van der Waals surface area contributed by atoms with Gasteiger partial charge in [-0.3, -0.25) is 14.6 Å². The number of carbonyl (C=O) groups is 2. The van der Waals surface area contributed by atoms with E-state index in [-0.39, 0.29) is 17.7 Å². The maximum Gasteiger partial charge on any atom is 0.265 e. The Morgan fingerprint density at radius 3 is 2.93 bits per heavy atom. The number of likely N-dealkylation sites (tertiary alicyclic amines) is 1. The van der Waals surface area contributed by atoms with Crippen molar-refractivity contribution >= 4 is 23.2 Å². The van der Waals surface area contributed by atoms with E-state index in [1.165, 1.54) is 11.3 Å². The van der Waals surface area contributed by atoms with Crippen molar-refractivity contribution in [2.45, 2.75) is 40.0 Å². The van der Waals surface area contributed by atoms with E-state index in [1.807, 2.05) is 24.0 Å². The maximum atomic E-state index is 13.1. The van der Waals surface area contributed by atoms with Gasteiger partial charge in [0.15, 0.2) is 0 Å². The van der Waals surface area contributed by atoms with E-state index in [1.54, 1.807) is 12.4 Å². The molecular formula is C21H28N4O2S. The molecule has 1 saturated heterocycles. The minimum Gasteiger partial charge on any atom is -0.356 e. The number of hydrogen-bond donors (Lipinski definition) is 1. The first-order chi connectivity index (χ1) is 13.5. The molecule has 1 aliphatic rings. The van der Waals surface area contributed by atoms with Gasteiger partial charge in [0.2, 0.25) is 5.91 Å². The molecule has 0 saturated carbocycles. The van der Waals surface area contributed by atoms with Crippen molar-refractivity contribution in [2.75, 3.05) is 19.6 Å². The third kappa shape index (κ3) is 4.95. The van der Waals surface area contributed by atoms with Crippen molar-refractivity contribution < 1.29 is 9.59 Å². The standard InChI is InChI=1S/C21H28N4O2S/c1-14(2)8-10-23-19(26)17-7-5-11-25(13-17)21(27)18-15(3)24-20(28-18)16-6-4-9-22-12-16/h4,6,9,12,14,17H,5,7-8,10-11,13H2,1-3H3,(H,23,26). The van der Waals surface area contributed by atoms with Crippen molar-refractivity contribution in [3.05, 3.63) is 35.1 Å². The van der Waals surface area contributed by atoms with E-state index in [4.69, 9.17) is 0 Å². The lowest BCUT2D eigenvalue weighted by molar-refractivity contribution is -0.126. The summed E-state index contributed by atoms with van der Waals surface area (Å²) in [4.78, 5) is 36.7. The van der Waals surface area contributed by atoms with Gasteiger partial charge in [0.25, 0.3) is 5.91 Å². The number of nitrogens with one attached hydrogen (secondary N) is 1. The van der Waals surface area contributed by atoms with Crippen molar-refractivity contribution in [3.63, 3.8) is 0 Å². The highest BCUT2D eigenvalue weighted by Crippen LogP contribution is 2.29. The van der Waals surface area contributed by atoms with Gasteiger partial charge in [0.1, 0.15) is 9.88 Å². The molecule has 3 rings (SSSR count). The fraction of sp³-hybridized carbons (Fsp3) is 0.524. The maximum absolute atomic E-state index is 13.1. The highest BCUT2D eigenvalue weighted by Gasteiger charge is 2.30. The van der Waals surface area contributed by atoms with Crippen LogP contribution in [0.25, 0.3) is 10.6 Å². The van der Waals surface area contributed by atoms with Gasteiger partial charge in [-0.05, 0) is 44.2 Å². The Kier molecular flexibility index (Phi) is 6.78. The Bertz CT molecular complexity index is 819. The Morgan fingerprint density at radius 1 is 1.39 bits per heavy atom. The van der Waals surface area contributed by atoms with E-state index in [2.05, 4.69) is 29.1 Å². The number of thiazole rings is 1. The lowest BCUT2D eigenvalue weighted by Gasteiger charge is -2.32. The highest BCUT2D eigenvalue weighted by molar-refractivity contribution is 7.17. The van der Waals surface area contributed by atoms with Gasteiger partial charge in [0, 0.05) is 37.6 Å².